The molecule has 4 nitrogen and oxygen atoms in total. The Morgan fingerprint density at radius 2 is 1.70 bits per heavy atom. The molecule has 0 unspecified atom stereocenters. The maximum Gasteiger partial charge on any atom is 0.163 e. The predicted molar refractivity (Wildman–Crippen MR) is 102 cm³/mol. The lowest BCUT2D eigenvalue weighted by Gasteiger charge is -2.10. The van der Waals surface area contributed by atoms with Crippen LogP contribution in [0.3, 0.4) is 0 Å². The minimum Gasteiger partial charge on any atom is -0.373 e. The van der Waals surface area contributed by atoms with E-state index in [1.165, 1.54) is 6.07 Å². The number of aromatic nitrogens is 3. The second kappa shape index (κ2) is 6.72. The molecular formula is C21H16F2N4. The van der Waals surface area contributed by atoms with Gasteiger partial charge in [-0.05, 0) is 55.0 Å². The Kier molecular flexibility index (Phi) is 4.24. The summed E-state index contributed by atoms with van der Waals surface area (Å²) in [6.45, 7) is 1.91. The summed E-state index contributed by atoms with van der Waals surface area (Å²) in [7, 11) is 1.78. The Bertz CT molecular complexity index is 1140. The Labute approximate surface area is 154 Å². The molecule has 0 fully saturated rings. The van der Waals surface area contributed by atoms with E-state index in [-0.39, 0.29) is 5.56 Å². The second-order valence-corrected chi connectivity index (χ2v) is 6.19. The largest absolute Gasteiger partial charge is 0.373 e. The Morgan fingerprint density at radius 1 is 0.889 bits per heavy atom. The van der Waals surface area contributed by atoms with Crippen LogP contribution in [0.15, 0.2) is 54.7 Å². The quantitative estimate of drug-likeness (QED) is 0.558. The van der Waals surface area contributed by atoms with Crippen LogP contribution in [-0.2, 0) is 0 Å². The second-order valence-electron chi connectivity index (χ2n) is 6.19. The highest BCUT2D eigenvalue weighted by Gasteiger charge is 2.12. The number of aryl methyl sites for hydroxylation is 1. The van der Waals surface area contributed by atoms with Crippen molar-refractivity contribution in [3.05, 3.63) is 72.1 Å². The average Bonchev–Trinajstić information content (AvgIpc) is 2.69. The number of nitrogens with one attached hydrogen (secondary N) is 1. The van der Waals surface area contributed by atoms with E-state index < -0.39 is 11.6 Å². The first-order valence-electron chi connectivity index (χ1n) is 8.43. The van der Waals surface area contributed by atoms with Gasteiger partial charge in [0.2, 0.25) is 0 Å². The summed E-state index contributed by atoms with van der Waals surface area (Å²) < 4.78 is 27.7. The molecule has 4 aromatic rings. The number of halogens is 2. The van der Waals surface area contributed by atoms with Crippen LogP contribution in [-0.4, -0.2) is 22.0 Å². The lowest BCUT2D eigenvalue weighted by molar-refractivity contribution is 0.603. The van der Waals surface area contributed by atoms with Crippen molar-refractivity contribution in [1.29, 1.82) is 0 Å². The Balaban J connectivity index is 1.91. The average molecular weight is 362 g/mol. The molecule has 0 aliphatic heterocycles. The van der Waals surface area contributed by atoms with Crippen LogP contribution >= 0.6 is 0 Å². The summed E-state index contributed by atoms with van der Waals surface area (Å²) >= 11 is 0. The van der Waals surface area contributed by atoms with Gasteiger partial charge in [-0.3, -0.25) is 4.98 Å². The fourth-order valence-corrected chi connectivity index (χ4v) is 2.94. The standard InChI is InChI=1S/C21H16F2N4/c1-12-3-4-14(11-25-12)20-26-19-9-13(5-7-16(19)21(24-2)27-20)17-10-15(22)6-8-18(17)23/h3-11H,1-2H3,(H,24,26,27). The number of hydrogen-bond donors (Lipinski definition) is 1. The van der Waals surface area contributed by atoms with Crippen LogP contribution in [0.1, 0.15) is 5.69 Å². The van der Waals surface area contributed by atoms with Crippen molar-refractivity contribution in [2.24, 2.45) is 0 Å². The van der Waals surface area contributed by atoms with Crippen molar-refractivity contribution in [2.45, 2.75) is 6.92 Å². The predicted octanol–water partition coefficient (Wildman–Crippen LogP) is 4.99. The van der Waals surface area contributed by atoms with Crippen molar-refractivity contribution in [1.82, 2.24) is 15.0 Å². The first kappa shape index (κ1) is 17.0. The van der Waals surface area contributed by atoms with E-state index >= 15 is 0 Å². The molecule has 0 aliphatic rings. The summed E-state index contributed by atoms with van der Waals surface area (Å²) in [5, 5.41) is 3.86. The SMILES string of the molecule is CNc1nc(-c2ccc(C)nc2)nc2cc(-c3cc(F)ccc3F)ccc12. The zero-order valence-electron chi connectivity index (χ0n) is 14.8. The third kappa shape index (κ3) is 3.21. The van der Waals surface area contributed by atoms with E-state index in [0.717, 1.165) is 28.8 Å². The molecule has 0 atom stereocenters. The van der Waals surface area contributed by atoms with Gasteiger partial charge in [0.15, 0.2) is 5.82 Å². The molecule has 2 aromatic carbocycles. The highest BCUT2D eigenvalue weighted by atomic mass is 19.1. The van der Waals surface area contributed by atoms with Crippen LogP contribution < -0.4 is 5.32 Å². The lowest BCUT2D eigenvalue weighted by atomic mass is 10.0. The van der Waals surface area contributed by atoms with Crippen molar-refractivity contribution >= 4 is 16.7 Å². The number of nitrogens with zero attached hydrogens (tertiary/aromatic N) is 3. The van der Waals surface area contributed by atoms with Gasteiger partial charge in [-0.15, -0.1) is 0 Å². The summed E-state index contributed by atoms with van der Waals surface area (Å²) in [5.41, 5.74) is 3.05. The van der Waals surface area contributed by atoms with E-state index in [0.29, 0.717) is 22.7 Å². The van der Waals surface area contributed by atoms with E-state index in [9.17, 15) is 8.78 Å². The maximum absolute atomic E-state index is 14.2. The van der Waals surface area contributed by atoms with Crippen molar-refractivity contribution in [3.63, 3.8) is 0 Å². The van der Waals surface area contributed by atoms with Crippen LogP contribution in [0.5, 0.6) is 0 Å². The Morgan fingerprint density at radius 3 is 2.44 bits per heavy atom. The van der Waals surface area contributed by atoms with E-state index in [4.69, 9.17) is 0 Å². The molecule has 27 heavy (non-hydrogen) atoms. The first-order valence-corrected chi connectivity index (χ1v) is 8.43. The minimum absolute atomic E-state index is 0.195. The van der Waals surface area contributed by atoms with Crippen molar-refractivity contribution < 1.29 is 8.78 Å². The fraction of sp³-hybridized carbons (Fsp3) is 0.0952. The molecule has 0 aliphatic carbocycles. The van der Waals surface area contributed by atoms with Gasteiger partial charge in [0.1, 0.15) is 17.5 Å². The van der Waals surface area contributed by atoms with Crippen LogP contribution in [0.25, 0.3) is 33.4 Å². The van der Waals surface area contributed by atoms with E-state index in [2.05, 4.69) is 20.3 Å². The number of anilines is 1. The highest BCUT2D eigenvalue weighted by Crippen LogP contribution is 2.30. The molecule has 2 heterocycles. The number of pyridine rings is 1. The summed E-state index contributed by atoms with van der Waals surface area (Å²) in [6.07, 6.45) is 1.71. The van der Waals surface area contributed by atoms with Gasteiger partial charge in [-0.2, -0.15) is 0 Å². The van der Waals surface area contributed by atoms with Crippen molar-refractivity contribution in [2.75, 3.05) is 12.4 Å². The molecule has 0 spiro atoms. The molecule has 0 bridgehead atoms. The third-order valence-electron chi connectivity index (χ3n) is 4.34. The zero-order chi connectivity index (χ0) is 19.0. The molecule has 0 saturated heterocycles. The van der Waals surface area contributed by atoms with Gasteiger partial charge >= 0.3 is 0 Å². The fourth-order valence-electron chi connectivity index (χ4n) is 2.94. The van der Waals surface area contributed by atoms with Gasteiger partial charge in [0, 0.05) is 35.5 Å². The number of benzene rings is 2. The zero-order valence-corrected chi connectivity index (χ0v) is 14.8. The van der Waals surface area contributed by atoms with Gasteiger partial charge in [-0.25, -0.2) is 18.7 Å². The molecule has 2 aromatic heterocycles. The molecule has 6 heteroatoms. The van der Waals surface area contributed by atoms with E-state index in [1.807, 2.05) is 19.1 Å². The van der Waals surface area contributed by atoms with Gasteiger partial charge in [0.25, 0.3) is 0 Å². The summed E-state index contributed by atoms with van der Waals surface area (Å²) in [4.78, 5) is 13.5. The number of fused-ring (bicyclic) bond motifs is 1. The van der Waals surface area contributed by atoms with Crippen LogP contribution in [0.4, 0.5) is 14.6 Å². The van der Waals surface area contributed by atoms with Crippen LogP contribution in [0.2, 0.25) is 0 Å². The monoisotopic (exact) mass is 362 g/mol. The summed E-state index contributed by atoms with van der Waals surface area (Å²) in [6, 6.07) is 12.5. The molecule has 0 radical (unpaired) electrons. The number of hydrogen-bond acceptors (Lipinski definition) is 4. The van der Waals surface area contributed by atoms with Gasteiger partial charge in [0.05, 0.1) is 5.52 Å². The van der Waals surface area contributed by atoms with E-state index in [1.54, 1.807) is 31.4 Å². The highest BCUT2D eigenvalue weighted by molar-refractivity contribution is 5.93. The maximum atomic E-state index is 14.2. The Hall–Kier alpha value is -3.41. The third-order valence-corrected chi connectivity index (χ3v) is 4.34. The van der Waals surface area contributed by atoms with Crippen LogP contribution in [0, 0.1) is 18.6 Å². The molecule has 134 valence electrons. The smallest absolute Gasteiger partial charge is 0.163 e. The molecule has 1 N–H and O–H groups in total. The lowest BCUT2D eigenvalue weighted by Crippen LogP contribution is -1.99. The first-order chi connectivity index (χ1) is 13.0. The minimum atomic E-state index is -0.489. The molecule has 4 rings (SSSR count). The van der Waals surface area contributed by atoms with Gasteiger partial charge < -0.3 is 5.32 Å². The number of rotatable bonds is 3. The normalized spacial score (nSPS) is 11.0. The van der Waals surface area contributed by atoms with Gasteiger partial charge in [-0.1, -0.05) is 6.07 Å². The van der Waals surface area contributed by atoms with Crippen molar-refractivity contribution in [3.8, 4) is 22.5 Å². The summed E-state index contributed by atoms with van der Waals surface area (Å²) in [5.74, 6) is 0.191. The molecular weight excluding hydrogens is 346 g/mol. The topological polar surface area (TPSA) is 50.7 Å². The molecule has 0 saturated carbocycles. The molecule has 0 amide bonds.